The molecule has 1 aromatic rings. The zero-order valence-electron chi connectivity index (χ0n) is 5.54. The third kappa shape index (κ3) is 1.15. The van der Waals surface area contributed by atoms with Crippen LogP contribution in [0.1, 0.15) is 0 Å². The van der Waals surface area contributed by atoms with Gasteiger partial charge in [-0.1, -0.05) is 11.6 Å². The van der Waals surface area contributed by atoms with Crippen LogP contribution in [0.15, 0.2) is 4.47 Å². The van der Waals surface area contributed by atoms with Crippen molar-refractivity contribution in [3.05, 3.63) is 9.50 Å². The normalized spacial score (nSPS) is 10.2. The fourth-order valence-electron chi connectivity index (χ4n) is 0.640. The molecule has 4 N–H and O–H groups in total. The summed E-state index contributed by atoms with van der Waals surface area (Å²) in [4.78, 5) is 0. The maximum atomic E-state index is 9.04. The molecule has 0 bridgehead atoms. The van der Waals surface area contributed by atoms with Crippen LogP contribution in [-0.2, 0) is 0 Å². The number of aromatic hydroxyl groups is 4. The monoisotopic (exact) mass is 254 g/mol. The van der Waals surface area contributed by atoms with Crippen molar-refractivity contribution in [3.8, 4) is 23.0 Å². The number of hydrogen-bond donors (Lipinski definition) is 4. The largest absolute Gasteiger partial charge is 0.503 e. The molecule has 0 aliphatic carbocycles. The lowest BCUT2D eigenvalue weighted by Gasteiger charge is -2.07. The molecule has 0 aliphatic rings. The van der Waals surface area contributed by atoms with Crippen molar-refractivity contribution in [3.63, 3.8) is 0 Å². The summed E-state index contributed by atoms with van der Waals surface area (Å²) in [6.45, 7) is 0. The summed E-state index contributed by atoms with van der Waals surface area (Å²) in [5.41, 5.74) is 0. The molecule has 0 spiro atoms. The second-order valence-corrected chi connectivity index (χ2v) is 3.19. The number of phenolic OH excluding ortho intramolecular Hbond substituents is 4. The first-order valence-corrected chi connectivity index (χ1v) is 3.94. The Balaban J connectivity index is 3.60. The van der Waals surface area contributed by atoms with Crippen LogP contribution in [-0.4, -0.2) is 20.4 Å². The zero-order chi connectivity index (χ0) is 9.46. The molecule has 0 heterocycles. The molecule has 0 atom stereocenters. The average molecular weight is 255 g/mol. The Morgan fingerprint density at radius 2 is 1.17 bits per heavy atom. The molecule has 66 valence electrons. The first kappa shape index (κ1) is 9.28. The molecule has 4 nitrogen and oxygen atoms in total. The summed E-state index contributed by atoms with van der Waals surface area (Å²) in [6, 6.07) is 0. The Morgan fingerprint density at radius 1 is 0.833 bits per heavy atom. The van der Waals surface area contributed by atoms with E-state index in [2.05, 4.69) is 15.9 Å². The van der Waals surface area contributed by atoms with E-state index < -0.39 is 28.0 Å². The van der Waals surface area contributed by atoms with Gasteiger partial charge in [0.25, 0.3) is 0 Å². The molecule has 0 fully saturated rings. The molecular weight excluding hydrogens is 251 g/mol. The minimum absolute atomic E-state index is 0.207. The van der Waals surface area contributed by atoms with E-state index in [1.165, 1.54) is 0 Å². The third-order valence-electron chi connectivity index (χ3n) is 1.28. The van der Waals surface area contributed by atoms with E-state index >= 15 is 0 Å². The summed E-state index contributed by atoms with van der Waals surface area (Å²) < 4.78 is -0.207. The van der Waals surface area contributed by atoms with Crippen LogP contribution in [0.25, 0.3) is 0 Å². The van der Waals surface area contributed by atoms with Crippen LogP contribution in [0.4, 0.5) is 0 Å². The first-order chi connectivity index (χ1) is 5.46. The fraction of sp³-hybridized carbons (Fsp3) is 0. The lowest BCUT2D eigenvalue weighted by atomic mass is 10.3. The van der Waals surface area contributed by atoms with Gasteiger partial charge >= 0.3 is 0 Å². The van der Waals surface area contributed by atoms with E-state index in [9.17, 15) is 0 Å². The average Bonchev–Trinajstić information content (AvgIpc) is 2.08. The van der Waals surface area contributed by atoms with Crippen molar-refractivity contribution >= 4 is 27.5 Å². The summed E-state index contributed by atoms with van der Waals surface area (Å²) in [7, 11) is 0. The molecule has 12 heavy (non-hydrogen) atoms. The Morgan fingerprint density at radius 3 is 1.50 bits per heavy atom. The minimum atomic E-state index is -0.682. The van der Waals surface area contributed by atoms with Crippen molar-refractivity contribution in [2.75, 3.05) is 0 Å². The SMILES string of the molecule is Oc1c(O)c(Br)c(O)c(O)c1Cl. The van der Waals surface area contributed by atoms with Gasteiger partial charge in [0.1, 0.15) is 9.50 Å². The van der Waals surface area contributed by atoms with Gasteiger partial charge in [-0.05, 0) is 15.9 Å². The lowest BCUT2D eigenvalue weighted by molar-refractivity contribution is 0.369. The molecule has 0 amide bonds. The number of hydrogen-bond acceptors (Lipinski definition) is 4. The van der Waals surface area contributed by atoms with Crippen molar-refractivity contribution in [2.24, 2.45) is 0 Å². The lowest BCUT2D eigenvalue weighted by Crippen LogP contribution is -1.78. The Kier molecular flexibility index (Phi) is 2.25. The van der Waals surface area contributed by atoms with Gasteiger partial charge < -0.3 is 20.4 Å². The van der Waals surface area contributed by atoms with Crippen molar-refractivity contribution in [2.45, 2.75) is 0 Å². The second kappa shape index (κ2) is 2.91. The van der Waals surface area contributed by atoms with Gasteiger partial charge in [-0.25, -0.2) is 0 Å². The zero-order valence-corrected chi connectivity index (χ0v) is 7.89. The van der Waals surface area contributed by atoms with E-state index in [0.29, 0.717) is 0 Å². The van der Waals surface area contributed by atoms with Gasteiger partial charge in [-0.15, -0.1) is 0 Å². The molecule has 1 rings (SSSR count). The Hall–Kier alpha value is -0.810. The summed E-state index contributed by atoms with van der Waals surface area (Å²) in [5.74, 6) is -2.59. The van der Waals surface area contributed by atoms with Crippen molar-refractivity contribution < 1.29 is 20.4 Å². The van der Waals surface area contributed by atoms with E-state index in [1.54, 1.807) is 0 Å². The van der Waals surface area contributed by atoms with Gasteiger partial charge in [0.15, 0.2) is 23.0 Å². The van der Waals surface area contributed by atoms with Crippen LogP contribution in [0.5, 0.6) is 23.0 Å². The smallest absolute Gasteiger partial charge is 0.181 e. The van der Waals surface area contributed by atoms with Crippen molar-refractivity contribution in [1.29, 1.82) is 0 Å². The molecule has 0 aliphatic heterocycles. The number of halogens is 2. The van der Waals surface area contributed by atoms with Crippen LogP contribution >= 0.6 is 27.5 Å². The van der Waals surface area contributed by atoms with Crippen LogP contribution in [0.2, 0.25) is 5.02 Å². The topological polar surface area (TPSA) is 80.9 Å². The Bertz CT molecular complexity index is 234. The highest BCUT2D eigenvalue weighted by Crippen LogP contribution is 2.51. The molecule has 0 unspecified atom stereocenters. The molecular formula is C6H4BrClO4. The van der Waals surface area contributed by atoms with E-state index in [1.807, 2.05) is 0 Å². The molecule has 0 aromatic heterocycles. The highest BCUT2D eigenvalue weighted by Gasteiger charge is 2.20. The fourth-order valence-corrected chi connectivity index (χ4v) is 1.19. The van der Waals surface area contributed by atoms with Gasteiger partial charge in [0, 0.05) is 0 Å². The maximum Gasteiger partial charge on any atom is 0.181 e. The molecule has 1 aromatic carbocycles. The molecule has 0 saturated heterocycles. The highest BCUT2D eigenvalue weighted by atomic mass is 79.9. The first-order valence-electron chi connectivity index (χ1n) is 2.77. The van der Waals surface area contributed by atoms with E-state index in [-0.39, 0.29) is 4.47 Å². The maximum absolute atomic E-state index is 9.04. The predicted octanol–water partition coefficient (Wildman–Crippen LogP) is 1.92. The number of phenols is 4. The minimum Gasteiger partial charge on any atom is -0.503 e. The molecule has 0 radical (unpaired) electrons. The predicted molar refractivity (Wildman–Crippen MR) is 45.8 cm³/mol. The van der Waals surface area contributed by atoms with Crippen LogP contribution in [0, 0.1) is 0 Å². The van der Waals surface area contributed by atoms with E-state index in [0.717, 1.165) is 0 Å². The van der Waals surface area contributed by atoms with Crippen molar-refractivity contribution in [1.82, 2.24) is 0 Å². The summed E-state index contributed by atoms with van der Waals surface area (Å²) in [6.07, 6.45) is 0. The molecule has 6 heteroatoms. The van der Waals surface area contributed by atoms with Crippen LogP contribution in [0.3, 0.4) is 0 Å². The highest BCUT2D eigenvalue weighted by molar-refractivity contribution is 9.10. The number of benzene rings is 1. The Labute approximate surface area is 80.8 Å². The second-order valence-electron chi connectivity index (χ2n) is 2.02. The van der Waals surface area contributed by atoms with Gasteiger partial charge in [-0.2, -0.15) is 0 Å². The standard InChI is InChI=1S/C6H4BrClO4/c7-1-3(9)5(11)2(8)6(12)4(1)10/h9-12H. The van der Waals surface area contributed by atoms with Gasteiger partial charge in [-0.3, -0.25) is 0 Å². The number of rotatable bonds is 0. The van der Waals surface area contributed by atoms with Crippen LogP contribution < -0.4 is 0 Å². The van der Waals surface area contributed by atoms with Gasteiger partial charge in [0.2, 0.25) is 0 Å². The third-order valence-corrected chi connectivity index (χ3v) is 2.39. The van der Waals surface area contributed by atoms with Gasteiger partial charge in [0.05, 0.1) is 0 Å². The quantitative estimate of drug-likeness (QED) is 0.422. The van der Waals surface area contributed by atoms with E-state index in [4.69, 9.17) is 32.0 Å². The summed E-state index contributed by atoms with van der Waals surface area (Å²) in [5, 5.41) is 35.6. The summed E-state index contributed by atoms with van der Waals surface area (Å²) >= 11 is 8.06. The molecule has 0 saturated carbocycles.